The maximum absolute atomic E-state index is 11.8. The third-order valence-electron chi connectivity index (χ3n) is 2.43. The summed E-state index contributed by atoms with van der Waals surface area (Å²) in [6.07, 6.45) is -0.0636. The lowest BCUT2D eigenvalue weighted by Crippen LogP contribution is -2.29. The Morgan fingerprint density at radius 1 is 1.25 bits per heavy atom. The van der Waals surface area contributed by atoms with Crippen LogP contribution >= 0.6 is 0 Å². The number of carbonyl (C=O) groups excluding carboxylic acids is 2. The number of ketones is 1. The Bertz CT molecular complexity index is 499. The Hall–Kier alpha value is -1.88. The Balaban J connectivity index is 2.75. The average Bonchev–Trinajstić information content (AvgIpc) is 2.31. The summed E-state index contributed by atoms with van der Waals surface area (Å²) in [4.78, 5) is 23.4. The summed E-state index contributed by atoms with van der Waals surface area (Å²) >= 11 is 0. The van der Waals surface area contributed by atoms with E-state index in [1.807, 2.05) is 0 Å². The van der Waals surface area contributed by atoms with E-state index in [1.165, 1.54) is 13.2 Å². The molecule has 0 aromatic heterocycles. The molecule has 1 aromatic rings. The van der Waals surface area contributed by atoms with Gasteiger partial charge in [0.1, 0.15) is 11.4 Å². The van der Waals surface area contributed by atoms with E-state index < -0.39 is 17.4 Å². The molecule has 0 radical (unpaired) electrons. The van der Waals surface area contributed by atoms with E-state index in [4.69, 9.17) is 9.47 Å². The van der Waals surface area contributed by atoms with Crippen molar-refractivity contribution in [1.29, 1.82) is 0 Å². The monoisotopic (exact) mass is 280 g/mol. The highest BCUT2D eigenvalue weighted by atomic mass is 16.6. The van der Waals surface area contributed by atoms with Gasteiger partial charge >= 0.3 is 5.97 Å². The van der Waals surface area contributed by atoms with Gasteiger partial charge in [0.2, 0.25) is 5.78 Å². The van der Waals surface area contributed by atoms with Crippen molar-refractivity contribution in [1.82, 2.24) is 0 Å². The predicted octanol–water partition coefficient (Wildman–Crippen LogP) is 1.99. The van der Waals surface area contributed by atoms with Gasteiger partial charge in [0.15, 0.2) is 0 Å². The first-order valence-corrected chi connectivity index (χ1v) is 6.29. The van der Waals surface area contributed by atoms with Crippen molar-refractivity contribution < 1.29 is 24.2 Å². The van der Waals surface area contributed by atoms with E-state index >= 15 is 0 Å². The van der Waals surface area contributed by atoms with Crippen molar-refractivity contribution in [3.05, 3.63) is 29.3 Å². The van der Waals surface area contributed by atoms with Crippen LogP contribution in [0.15, 0.2) is 18.2 Å². The molecule has 0 aliphatic carbocycles. The largest absolute Gasteiger partial charge is 0.508 e. The molecule has 0 saturated heterocycles. The number of aromatic hydroxyl groups is 1. The number of Topliss-reactive ketones (excluding diaryl/α,β-unsaturated/α-hetero) is 1. The second-order valence-corrected chi connectivity index (χ2v) is 5.50. The van der Waals surface area contributed by atoms with Gasteiger partial charge in [0, 0.05) is 19.1 Å². The quantitative estimate of drug-likeness (QED) is 0.659. The van der Waals surface area contributed by atoms with Crippen molar-refractivity contribution in [2.75, 3.05) is 7.11 Å². The lowest BCUT2D eigenvalue weighted by atomic mass is 10.0. The van der Waals surface area contributed by atoms with Crippen molar-refractivity contribution >= 4 is 11.8 Å². The van der Waals surface area contributed by atoms with E-state index in [9.17, 15) is 14.7 Å². The summed E-state index contributed by atoms with van der Waals surface area (Å²) < 4.78 is 9.96. The number of phenolic OH excluding ortho intramolecular Hbond substituents is 1. The van der Waals surface area contributed by atoms with Gasteiger partial charge in [-0.05, 0) is 38.5 Å². The molecule has 0 saturated carbocycles. The minimum Gasteiger partial charge on any atom is -0.508 e. The Labute approximate surface area is 118 Å². The first-order valence-electron chi connectivity index (χ1n) is 6.29. The van der Waals surface area contributed by atoms with Crippen LogP contribution in [0.25, 0.3) is 0 Å². The molecule has 110 valence electrons. The van der Waals surface area contributed by atoms with Crippen molar-refractivity contribution in [2.45, 2.75) is 39.4 Å². The number of rotatable bonds is 5. The molecular weight excluding hydrogens is 260 g/mol. The highest BCUT2D eigenvalue weighted by Crippen LogP contribution is 2.20. The number of esters is 1. The molecule has 0 atom stereocenters. The zero-order valence-electron chi connectivity index (χ0n) is 12.2. The molecule has 0 aliphatic rings. The molecule has 0 aliphatic heterocycles. The molecule has 0 bridgehead atoms. The summed E-state index contributed by atoms with van der Waals surface area (Å²) in [5.74, 6) is -1.37. The van der Waals surface area contributed by atoms with Crippen molar-refractivity contribution in [3.63, 3.8) is 0 Å². The Kier molecular flexibility index (Phi) is 5.27. The molecule has 5 heteroatoms. The van der Waals surface area contributed by atoms with Crippen molar-refractivity contribution in [2.24, 2.45) is 0 Å². The Morgan fingerprint density at radius 3 is 2.45 bits per heavy atom. The normalized spacial score (nSPS) is 11.2. The fourth-order valence-corrected chi connectivity index (χ4v) is 1.61. The van der Waals surface area contributed by atoms with Crippen LogP contribution in [0.3, 0.4) is 0 Å². The molecule has 0 heterocycles. The highest BCUT2D eigenvalue weighted by molar-refractivity contribution is 6.34. The standard InChI is InChI=1S/C15H20O5/c1-15(2,3)20-14(18)13(17)8-10-5-6-12(16)11(7-10)9-19-4/h5-7,16H,8-9H2,1-4H3. The molecule has 1 rings (SSSR count). The fraction of sp³-hybridized carbons (Fsp3) is 0.467. The summed E-state index contributed by atoms with van der Waals surface area (Å²) in [6.45, 7) is 5.35. The van der Waals surface area contributed by atoms with Gasteiger partial charge in [-0.2, -0.15) is 0 Å². The molecule has 0 amide bonds. The minimum atomic E-state index is -0.848. The van der Waals surface area contributed by atoms with E-state index in [0.717, 1.165) is 0 Å². The summed E-state index contributed by atoms with van der Waals surface area (Å²) in [5.41, 5.74) is 0.510. The third kappa shape index (κ3) is 5.01. The second kappa shape index (κ2) is 6.52. The minimum absolute atomic E-state index is 0.0636. The van der Waals surface area contributed by atoms with E-state index in [1.54, 1.807) is 32.9 Å². The number of carbonyl (C=O) groups is 2. The van der Waals surface area contributed by atoms with Gasteiger partial charge in [-0.25, -0.2) is 4.79 Å². The molecular formula is C15H20O5. The third-order valence-corrected chi connectivity index (χ3v) is 2.43. The van der Waals surface area contributed by atoms with Crippen LogP contribution in [0, 0.1) is 0 Å². The van der Waals surface area contributed by atoms with Gasteiger partial charge in [0.05, 0.1) is 6.61 Å². The number of methoxy groups -OCH3 is 1. The van der Waals surface area contributed by atoms with Gasteiger partial charge in [0.25, 0.3) is 0 Å². The van der Waals surface area contributed by atoms with Crippen LogP contribution in [0.2, 0.25) is 0 Å². The zero-order valence-corrected chi connectivity index (χ0v) is 12.2. The zero-order chi connectivity index (χ0) is 15.3. The second-order valence-electron chi connectivity index (χ2n) is 5.50. The van der Waals surface area contributed by atoms with Gasteiger partial charge in [-0.3, -0.25) is 4.79 Å². The van der Waals surface area contributed by atoms with Crippen LogP contribution < -0.4 is 0 Å². The average molecular weight is 280 g/mol. The maximum atomic E-state index is 11.8. The van der Waals surface area contributed by atoms with Gasteiger partial charge in [-0.1, -0.05) is 6.07 Å². The van der Waals surface area contributed by atoms with Crippen LogP contribution in [0.5, 0.6) is 5.75 Å². The van der Waals surface area contributed by atoms with Crippen LogP contribution in [0.1, 0.15) is 31.9 Å². The predicted molar refractivity (Wildman–Crippen MR) is 73.4 cm³/mol. The Morgan fingerprint density at radius 2 is 1.90 bits per heavy atom. The lowest BCUT2D eigenvalue weighted by Gasteiger charge is -2.18. The molecule has 20 heavy (non-hydrogen) atoms. The number of hydrogen-bond donors (Lipinski definition) is 1. The molecule has 0 unspecified atom stereocenters. The fourth-order valence-electron chi connectivity index (χ4n) is 1.61. The van der Waals surface area contributed by atoms with Crippen LogP contribution in [0.4, 0.5) is 0 Å². The topological polar surface area (TPSA) is 72.8 Å². The van der Waals surface area contributed by atoms with Gasteiger partial charge < -0.3 is 14.6 Å². The molecule has 1 N–H and O–H groups in total. The molecule has 1 aromatic carbocycles. The highest BCUT2D eigenvalue weighted by Gasteiger charge is 2.23. The summed E-state index contributed by atoms with van der Waals surface area (Å²) in [7, 11) is 1.51. The number of ether oxygens (including phenoxy) is 2. The SMILES string of the molecule is COCc1cc(CC(=O)C(=O)OC(C)(C)C)ccc1O. The van der Waals surface area contributed by atoms with Crippen molar-refractivity contribution in [3.8, 4) is 5.75 Å². The first kappa shape index (κ1) is 16.2. The van der Waals surface area contributed by atoms with Crippen LogP contribution in [-0.4, -0.2) is 29.6 Å². The first-order chi connectivity index (χ1) is 9.23. The molecule has 0 fully saturated rings. The number of benzene rings is 1. The van der Waals surface area contributed by atoms with Crippen LogP contribution in [-0.2, 0) is 32.1 Å². The maximum Gasteiger partial charge on any atom is 0.375 e. The lowest BCUT2D eigenvalue weighted by molar-refractivity contribution is -0.162. The van der Waals surface area contributed by atoms with E-state index in [0.29, 0.717) is 11.1 Å². The molecule has 5 nitrogen and oxygen atoms in total. The smallest absolute Gasteiger partial charge is 0.375 e. The molecule has 0 spiro atoms. The number of hydrogen-bond acceptors (Lipinski definition) is 5. The van der Waals surface area contributed by atoms with Gasteiger partial charge in [-0.15, -0.1) is 0 Å². The van der Waals surface area contributed by atoms with E-state index in [-0.39, 0.29) is 18.8 Å². The van der Waals surface area contributed by atoms with E-state index in [2.05, 4.69) is 0 Å². The summed E-state index contributed by atoms with van der Waals surface area (Å²) in [6, 6.07) is 4.71. The number of phenols is 1. The summed E-state index contributed by atoms with van der Waals surface area (Å²) in [5, 5.41) is 9.61.